The third kappa shape index (κ3) is 4.48. The summed E-state index contributed by atoms with van der Waals surface area (Å²) in [6.07, 6.45) is -4.11. The summed E-state index contributed by atoms with van der Waals surface area (Å²) in [6.45, 7) is 3.43. The van der Waals surface area contributed by atoms with Crippen LogP contribution in [0.4, 0.5) is 13.2 Å². The van der Waals surface area contributed by atoms with E-state index < -0.39 is 28.8 Å². The molecule has 1 heterocycles. The molecule has 1 unspecified atom stereocenters. The fourth-order valence-electron chi connectivity index (χ4n) is 2.34. The lowest BCUT2D eigenvalue weighted by atomic mass is 10.1. The fourth-order valence-corrected chi connectivity index (χ4v) is 2.34. The van der Waals surface area contributed by atoms with Gasteiger partial charge in [-0.05, 0) is 32.4 Å². The van der Waals surface area contributed by atoms with Crippen LogP contribution in [0.15, 0.2) is 35.1 Å². The van der Waals surface area contributed by atoms with Crippen molar-refractivity contribution in [3.63, 3.8) is 0 Å². The quantitative estimate of drug-likeness (QED) is 0.845. The Balaban J connectivity index is 2.47. The Labute approximate surface area is 147 Å². The van der Waals surface area contributed by atoms with E-state index in [0.29, 0.717) is 6.42 Å². The molecule has 0 radical (unpaired) electrons. The number of carbonyl (C=O) groups is 1. The van der Waals surface area contributed by atoms with Gasteiger partial charge in [-0.15, -0.1) is 0 Å². The van der Waals surface area contributed by atoms with E-state index in [2.05, 4.69) is 10.4 Å². The third-order valence-electron chi connectivity index (χ3n) is 3.65. The van der Waals surface area contributed by atoms with Crippen LogP contribution in [0.5, 0.6) is 0 Å². The summed E-state index contributed by atoms with van der Waals surface area (Å²) in [5.74, 6) is -0.756. The van der Waals surface area contributed by atoms with Gasteiger partial charge in [0.15, 0.2) is 5.69 Å². The number of benzene rings is 1. The van der Waals surface area contributed by atoms with Crippen molar-refractivity contribution in [3.8, 4) is 5.69 Å². The maximum Gasteiger partial charge on any atom is 0.418 e. The Bertz CT molecular complexity index is 860. The summed E-state index contributed by atoms with van der Waals surface area (Å²) < 4.78 is 40.7. The molecule has 140 valence electrons. The van der Waals surface area contributed by atoms with E-state index in [9.17, 15) is 22.8 Å². The highest BCUT2D eigenvalue weighted by Crippen LogP contribution is 2.33. The van der Waals surface area contributed by atoms with Crippen molar-refractivity contribution < 1.29 is 18.0 Å². The molecule has 0 fully saturated rings. The number of halogens is 3. The average molecular weight is 368 g/mol. The van der Waals surface area contributed by atoms with Crippen LogP contribution in [-0.4, -0.2) is 28.3 Å². The first kappa shape index (κ1) is 19.6. The van der Waals surface area contributed by atoms with Crippen LogP contribution in [0.3, 0.4) is 0 Å². The van der Waals surface area contributed by atoms with Gasteiger partial charge < -0.3 is 11.1 Å². The van der Waals surface area contributed by atoms with Gasteiger partial charge in [-0.25, -0.2) is 4.68 Å². The number of aryl methyl sites for hydroxylation is 1. The Morgan fingerprint density at radius 2 is 2.00 bits per heavy atom. The zero-order valence-electron chi connectivity index (χ0n) is 14.3. The molecule has 1 aromatic heterocycles. The van der Waals surface area contributed by atoms with E-state index in [4.69, 9.17) is 5.73 Å². The first-order chi connectivity index (χ1) is 12.1. The number of hydrogen-bond acceptors (Lipinski definition) is 4. The second kappa shape index (κ2) is 7.69. The summed E-state index contributed by atoms with van der Waals surface area (Å²) in [6, 6.07) is 5.76. The van der Waals surface area contributed by atoms with Gasteiger partial charge in [0.1, 0.15) is 0 Å². The second-order valence-electron chi connectivity index (χ2n) is 5.95. The predicted octanol–water partition coefficient (Wildman–Crippen LogP) is 2.03. The minimum atomic E-state index is -4.60. The van der Waals surface area contributed by atoms with Crippen LogP contribution in [0.2, 0.25) is 0 Å². The molecule has 0 aliphatic rings. The standard InChI is InChI=1S/C17H19F3N4O2/c1-10(21)7-8-22-16(26)15-14(25)9-11(2)24(23-15)13-6-4-3-5-12(13)17(18,19)20/h3-6,9-10H,7-8,21H2,1-2H3,(H,22,26). The lowest BCUT2D eigenvalue weighted by molar-refractivity contribution is -0.137. The molecule has 0 saturated heterocycles. The van der Waals surface area contributed by atoms with Crippen molar-refractivity contribution in [3.05, 3.63) is 57.5 Å². The van der Waals surface area contributed by atoms with Crippen molar-refractivity contribution in [2.75, 3.05) is 6.54 Å². The average Bonchev–Trinajstić information content (AvgIpc) is 2.53. The number of amides is 1. The second-order valence-corrected chi connectivity index (χ2v) is 5.95. The number of nitrogens with two attached hydrogens (primary N) is 1. The van der Waals surface area contributed by atoms with Crippen molar-refractivity contribution in [2.45, 2.75) is 32.5 Å². The number of nitrogens with one attached hydrogen (secondary N) is 1. The van der Waals surface area contributed by atoms with E-state index in [1.165, 1.54) is 25.1 Å². The molecular formula is C17H19F3N4O2. The van der Waals surface area contributed by atoms with Crippen LogP contribution in [0.25, 0.3) is 5.69 Å². The number of carbonyl (C=O) groups excluding carboxylic acids is 1. The molecule has 0 spiro atoms. The molecule has 1 atom stereocenters. The van der Waals surface area contributed by atoms with Crippen molar-refractivity contribution in [2.24, 2.45) is 5.73 Å². The Morgan fingerprint density at radius 1 is 1.35 bits per heavy atom. The molecule has 1 amide bonds. The van der Waals surface area contributed by atoms with Crippen LogP contribution in [0.1, 0.15) is 35.1 Å². The minimum absolute atomic E-state index is 0.142. The number of nitrogens with zero attached hydrogens (tertiary/aromatic N) is 2. The summed E-state index contributed by atoms with van der Waals surface area (Å²) in [5, 5.41) is 6.37. The van der Waals surface area contributed by atoms with Crippen LogP contribution < -0.4 is 16.5 Å². The van der Waals surface area contributed by atoms with E-state index >= 15 is 0 Å². The maximum atomic E-state index is 13.3. The summed E-state index contributed by atoms with van der Waals surface area (Å²) in [7, 11) is 0. The van der Waals surface area contributed by atoms with Gasteiger partial charge in [0.05, 0.1) is 11.3 Å². The van der Waals surface area contributed by atoms with Crippen molar-refractivity contribution in [1.29, 1.82) is 0 Å². The van der Waals surface area contributed by atoms with E-state index in [1.54, 1.807) is 6.92 Å². The number of aromatic nitrogens is 2. The molecule has 9 heteroatoms. The Hall–Kier alpha value is -2.68. The minimum Gasteiger partial charge on any atom is -0.350 e. The van der Waals surface area contributed by atoms with Crippen LogP contribution in [-0.2, 0) is 6.18 Å². The van der Waals surface area contributed by atoms with Gasteiger partial charge in [0.25, 0.3) is 5.91 Å². The zero-order chi connectivity index (χ0) is 19.5. The monoisotopic (exact) mass is 368 g/mol. The molecule has 6 nitrogen and oxygen atoms in total. The molecule has 3 N–H and O–H groups in total. The SMILES string of the molecule is Cc1cc(=O)c(C(=O)NCCC(C)N)nn1-c1ccccc1C(F)(F)F. The molecule has 0 aliphatic heterocycles. The number of para-hydroxylation sites is 1. The Kier molecular flexibility index (Phi) is 5.81. The fraction of sp³-hybridized carbons (Fsp3) is 0.353. The zero-order valence-corrected chi connectivity index (χ0v) is 14.3. The molecule has 0 bridgehead atoms. The maximum absolute atomic E-state index is 13.3. The third-order valence-corrected chi connectivity index (χ3v) is 3.65. The van der Waals surface area contributed by atoms with Gasteiger partial charge in [0.2, 0.25) is 5.43 Å². The predicted molar refractivity (Wildman–Crippen MR) is 90.2 cm³/mol. The molecular weight excluding hydrogens is 349 g/mol. The Morgan fingerprint density at radius 3 is 2.62 bits per heavy atom. The van der Waals surface area contributed by atoms with Gasteiger partial charge in [-0.3, -0.25) is 9.59 Å². The smallest absolute Gasteiger partial charge is 0.350 e. The number of rotatable bonds is 5. The molecule has 1 aromatic carbocycles. The normalized spacial score (nSPS) is 12.7. The lowest BCUT2D eigenvalue weighted by Gasteiger charge is -2.16. The van der Waals surface area contributed by atoms with Gasteiger partial charge in [-0.1, -0.05) is 12.1 Å². The van der Waals surface area contributed by atoms with Crippen LogP contribution >= 0.6 is 0 Å². The molecule has 2 aromatic rings. The lowest BCUT2D eigenvalue weighted by Crippen LogP contribution is -2.34. The van der Waals surface area contributed by atoms with E-state index in [1.807, 2.05) is 0 Å². The van der Waals surface area contributed by atoms with E-state index in [-0.39, 0.29) is 24.0 Å². The van der Waals surface area contributed by atoms with E-state index in [0.717, 1.165) is 16.8 Å². The van der Waals surface area contributed by atoms with Gasteiger partial charge in [0, 0.05) is 24.3 Å². The highest BCUT2D eigenvalue weighted by Gasteiger charge is 2.34. The van der Waals surface area contributed by atoms with Crippen LogP contribution in [0, 0.1) is 6.92 Å². The van der Waals surface area contributed by atoms with Crippen molar-refractivity contribution >= 4 is 5.91 Å². The largest absolute Gasteiger partial charge is 0.418 e. The topological polar surface area (TPSA) is 90.0 Å². The van der Waals surface area contributed by atoms with Crippen molar-refractivity contribution in [1.82, 2.24) is 15.1 Å². The first-order valence-electron chi connectivity index (χ1n) is 7.92. The molecule has 0 saturated carbocycles. The molecule has 26 heavy (non-hydrogen) atoms. The first-order valence-corrected chi connectivity index (χ1v) is 7.92. The molecule has 0 aliphatic carbocycles. The summed E-state index contributed by atoms with van der Waals surface area (Å²) >= 11 is 0. The van der Waals surface area contributed by atoms with Gasteiger partial charge >= 0.3 is 6.18 Å². The summed E-state index contributed by atoms with van der Waals surface area (Å²) in [5.41, 5.74) is 3.45. The molecule has 2 rings (SSSR count). The summed E-state index contributed by atoms with van der Waals surface area (Å²) in [4.78, 5) is 24.2. The number of hydrogen-bond donors (Lipinski definition) is 2. The highest BCUT2D eigenvalue weighted by atomic mass is 19.4. The van der Waals surface area contributed by atoms with Gasteiger partial charge in [-0.2, -0.15) is 18.3 Å². The highest BCUT2D eigenvalue weighted by molar-refractivity contribution is 5.92. The number of alkyl halides is 3.